The molecular weight excluding hydrogens is 204 g/mol. The van der Waals surface area contributed by atoms with Gasteiger partial charge in [-0.3, -0.25) is 0 Å². The van der Waals surface area contributed by atoms with Crippen molar-refractivity contribution in [1.29, 1.82) is 0 Å². The standard InChI is InChI=1S/C11H20N4O/c1-5-8-6-13-9(16-8)7-14-10(12)15-11(2,3)4/h6H,5,7H2,1-4H3,(H3,12,14,15). The lowest BCUT2D eigenvalue weighted by molar-refractivity contribution is 0.459. The van der Waals surface area contributed by atoms with Crippen LogP contribution in [0, 0.1) is 0 Å². The first-order valence-electron chi connectivity index (χ1n) is 5.42. The van der Waals surface area contributed by atoms with Crippen LogP contribution in [0.5, 0.6) is 0 Å². The van der Waals surface area contributed by atoms with Gasteiger partial charge >= 0.3 is 0 Å². The molecule has 90 valence electrons. The SMILES string of the molecule is CCc1cnc(CN=C(N)NC(C)(C)C)o1. The van der Waals surface area contributed by atoms with Crippen molar-refractivity contribution in [3.8, 4) is 0 Å². The van der Waals surface area contributed by atoms with Gasteiger partial charge in [0.05, 0.1) is 6.20 Å². The molecule has 0 fully saturated rings. The van der Waals surface area contributed by atoms with E-state index in [1.807, 2.05) is 27.7 Å². The topological polar surface area (TPSA) is 76.4 Å². The van der Waals surface area contributed by atoms with Crippen molar-refractivity contribution in [3.05, 3.63) is 17.8 Å². The Balaban J connectivity index is 2.52. The van der Waals surface area contributed by atoms with Crippen molar-refractivity contribution in [3.63, 3.8) is 0 Å². The van der Waals surface area contributed by atoms with Crippen LogP contribution < -0.4 is 11.1 Å². The van der Waals surface area contributed by atoms with Gasteiger partial charge in [-0.05, 0) is 20.8 Å². The van der Waals surface area contributed by atoms with Crippen LogP contribution in [0.4, 0.5) is 0 Å². The Kier molecular flexibility index (Phi) is 3.93. The van der Waals surface area contributed by atoms with Crippen molar-refractivity contribution in [1.82, 2.24) is 10.3 Å². The summed E-state index contributed by atoms with van der Waals surface area (Å²) in [4.78, 5) is 8.25. The van der Waals surface area contributed by atoms with Gasteiger partial charge in [-0.1, -0.05) is 6.92 Å². The highest BCUT2D eigenvalue weighted by Crippen LogP contribution is 2.05. The summed E-state index contributed by atoms with van der Waals surface area (Å²) in [5, 5.41) is 3.07. The largest absolute Gasteiger partial charge is 0.444 e. The Morgan fingerprint density at radius 3 is 2.75 bits per heavy atom. The van der Waals surface area contributed by atoms with Gasteiger partial charge in [-0.15, -0.1) is 0 Å². The second-order valence-electron chi connectivity index (χ2n) is 4.65. The third-order valence-corrected chi connectivity index (χ3v) is 1.84. The van der Waals surface area contributed by atoms with E-state index in [9.17, 15) is 0 Å². The quantitative estimate of drug-likeness (QED) is 0.601. The fraction of sp³-hybridized carbons (Fsp3) is 0.636. The number of guanidine groups is 1. The number of oxazole rings is 1. The van der Waals surface area contributed by atoms with Crippen LogP contribution in [0.3, 0.4) is 0 Å². The Hall–Kier alpha value is -1.52. The summed E-state index contributed by atoms with van der Waals surface area (Å²) >= 11 is 0. The number of aliphatic imine (C=N–C) groups is 1. The van der Waals surface area contributed by atoms with Crippen molar-refractivity contribution < 1.29 is 4.42 Å². The van der Waals surface area contributed by atoms with Crippen LogP contribution in [0.1, 0.15) is 39.3 Å². The number of nitrogens with two attached hydrogens (primary N) is 1. The van der Waals surface area contributed by atoms with Gasteiger partial charge in [0.15, 0.2) is 5.96 Å². The molecule has 1 aromatic heterocycles. The molecule has 0 amide bonds. The van der Waals surface area contributed by atoms with Gasteiger partial charge in [-0.2, -0.15) is 0 Å². The van der Waals surface area contributed by atoms with Gasteiger partial charge in [-0.25, -0.2) is 9.98 Å². The number of hydrogen-bond donors (Lipinski definition) is 2. The first-order valence-corrected chi connectivity index (χ1v) is 5.42. The summed E-state index contributed by atoms with van der Waals surface area (Å²) in [5.74, 6) is 1.87. The molecule has 0 bridgehead atoms. The highest BCUT2D eigenvalue weighted by Gasteiger charge is 2.10. The molecule has 16 heavy (non-hydrogen) atoms. The van der Waals surface area contributed by atoms with Crippen LogP contribution in [-0.2, 0) is 13.0 Å². The summed E-state index contributed by atoms with van der Waals surface area (Å²) < 4.78 is 5.41. The Morgan fingerprint density at radius 2 is 2.25 bits per heavy atom. The maximum absolute atomic E-state index is 5.72. The van der Waals surface area contributed by atoms with Gasteiger partial charge in [0.1, 0.15) is 12.3 Å². The van der Waals surface area contributed by atoms with Gasteiger partial charge in [0.25, 0.3) is 0 Å². The van der Waals surface area contributed by atoms with Gasteiger partial charge in [0.2, 0.25) is 5.89 Å². The van der Waals surface area contributed by atoms with E-state index in [0.29, 0.717) is 18.4 Å². The van der Waals surface area contributed by atoms with E-state index < -0.39 is 0 Å². The second-order valence-corrected chi connectivity index (χ2v) is 4.65. The van der Waals surface area contributed by atoms with Crippen molar-refractivity contribution >= 4 is 5.96 Å². The number of aromatic nitrogens is 1. The molecule has 0 spiro atoms. The third kappa shape index (κ3) is 4.33. The fourth-order valence-corrected chi connectivity index (χ4v) is 1.16. The first kappa shape index (κ1) is 12.5. The lowest BCUT2D eigenvalue weighted by Crippen LogP contribution is -2.44. The zero-order chi connectivity index (χ0) is 12.2. The average molecular weight is 224 g/mol. The minimum absolute atomic E-state index is 0.0846. The molecule has 0 aliphatic rings. The Morgan fingerprint density at radius 1 is 1.56 bits per heavy atom. The molecule has 1 rings (SSSR count). The van der Waals surface area contributed by atoms with Crippen LogP contribution in [0.2, 0.25) is 0 Å². The van der Waals surface area contributed by atoms with Crippen molar-refractivity contribution in [2.24, 2.45) is 10.7 Å². The molecule has 0 saturated heterocycles. The molecule has 5 heteroatoms. The highest BCUT2D eigenvalue weighted by atomic mass is 16.4. The number of aryl methyl sites for hydroxylation is 1. The summed E-state index contributed by atoms with van der Waals surface area (Å²) in [6.07, 6.45) is 2.56. The molecule has 5 nitrogen and oxygen atoms in total. The lowest BCUT2D eigenvalue weighted by atomic mass is 10.1. The Bertz CT molecular complexity index is 362. The van der Waals surface area contributed by atoms with Crippen molar-refractivity contribution in [2.75, 3.05) is 0 Å². The lowest BCUT2D eigenvalue weighted by Gasteiger charge is -2.20. The predicted octanol–water partition coefficient (Wildman–Crippen LogP) is 1.44. The molecule has 1 heterocycles. The summed E-state index contributed by atoms with van der Waals surface area (Å²) in [7, 11) is 0. The predicted molar refractivity (Wildman–Crippen MR) is 64.1 cm³/mol. The van der Waals surface area contributed by atoms with E-state index in [2.05, 4.69) is 15.3 Å². The molecule has 0 aliphatic heterocycles. The normalized spacial score (nSPS) is 12.9. The number of nitrogens with zero attached hydrogens (tertiary/aromatic N) is 2. The minimum Gasteiger partial charge on any atom is -0.444 e. The van der Waals surface area contributed by atoms with Gasteiger partial charge < -0.3 is 15.5 Å². The third-order valence-electron chi connectivity index (χ3n) is 1.84. The fourth-order valence-electron chi connectivity index (χ4n) is 1.16. The first-order chi connectivity index (χ1) is 7.40. The van der Waals surface area contributed by atoms with E-state index in [4.69, 9.17) is 10.2 Å². The number of hydrogen-bond acceptors (Lipinski definition) is 3. The minimum atomic E-state index is -0.0846. The molecule has 1 aromatic rings. The van der Waals surface area contributed by atoms with E-state index in [1.165, 1.54) is 0 Å². The maximum atomic E-state index is 5.72. The molecular formula is C11H20N4O. The monoisotopic (exact) mass is 224 g/mol. The summed E-state index contributed by atoms with van der Waals surface area (Å²) in [6, 6.07) is 0. The van der Waals surface area contributed by atoms with E-state index in [0.717, 1.165) is 12.2 Å². The zero-order valence-electron chi connectivity index (χ0n) is 10.4. The van der Waals surface area contributed by atoms with Gasteiger partial charge in [0, 0.05) is 12.0 Å². The van der Waals surface area contributed by atoms with Crippen LogP contribution in [-0.4, -0.2) is 16.5 Å². The van der Waals surface area contributed by atoms with E-state index in [-0.39, 0.29) is 5.54 Å². The molecule has 0 radical (unpaired) electrons. The van der Waals surface area contributed by atoms with Crippen LogP contribution in [0.15, 0.2) is 15.6 Å². The molecule has 3 N–H and O–H groups in total. The Labute approximate surface area is 96.1 Å². The maximum Gasteiger partial charge on any atom is 0.216 e. The summed E-state index contributed by atoms with van der Waals surface area (Å²) in [5.41, 5.74) is 5.63. The smallest absolute Gasteiger partial charge is 0.216 e. The highest BCUT2D eigenvalue weighted by molar-refractivity contribution is 5.78. The second kappa shape index (κ2) is 5.01. The average Bonchev–Trinajstić information content (AvgIpc) is 2.59. The summed E-state index contributed by atoms with van der Waals surface area (Å²) in [6.45, 7) is 8.46. The zero-order valence-corrected chi connectivity index (χ0v) is 10.4. The number of rotatable bonds is 3. The molecule has 0 aliphatic carbocycles. The molecule has 0 aromatic carbocycles. The van der Waals surface area contributed by atoms with E-state index in [1.54, 1.807) is 6.20 Å². The molecule has 0 atom stereocenters. The van der Waals surface area contributed by atoms with Crippen molar-refractivity contribution in [2.45, 2.75) is 46.2 Å². The van der Waals surface area contributed by atoms with Crippen LogP contribution >= 0.6 is 0 Å². The van der Waals surface area contributed by atoms with Crippen LogP contribution in [0.25, 0.3) is 0 Å². The molecule has 0 saturated carbocycles. The molecule has 0 unspecified atom stereocenters. The van der Waals surface area contributed by atoms with E-state index >= 15 is 0 Å². The number of nitrogens with one attached hydrogen (secondary N) is 1.